The highest BCUT2D eigenvalue weighted by molar-refractivity contribution is 9.11. The average Bonchev–Trinajstić information content (AvgIpc) is 2.68. The van der Waals surface area contributed by atoms with E-state index in [0.29, 0.717) is 11.6 Å². The molecule has 0 radical (unpaired) electrons. The number of nitrogens with two attached hydrogens (primary N) is 1. The van der Waals surface area contributed by atoms with E-state index in [2.05, 4.69) is 41.8 Å². The van der Waals surface area contributed by atoms with Crippen molar-refractivity contribution in [1.82, 2.24) is 9.97 Å². The summed E-state index contributed by atoms with van der Waals surface area (Å²) in [6, 6.07) is 1.98. The van der Waals surface area contributed by atoms with Gasteiger partial charge in [-0.05, 0) is 49.7 Å². The third-order valence-electron chi connectivity index (χ3n) is 2.10. The van der Waals surface area contributed by atoms with E-state index in [4.69, 9.17) is 5.73 Å². The minimum absolute atomic E-state index is 0.488. The lowest BCUT2D eigenvalue weighted by Crippen LogP contribution is -2.01. The fraction of sp³-hybridized carbons (Fsp3) is 0.200. The summed E-state index contributed by atoms with van der Waals surface area (Å²) in [6.45, 7) is 2.04. The fourth-order valence-electron chi connectivity index (χ4n) is 1.30. The number of anilines is 1. The van der Waals surface area contributed by atoms with Gasteiger partial charge in [0.05, 0.1) is 15.0 Å². The molecule has 2 heterocycles. The molecule has 2 aromatic rings. The third-order valence-corrected chi connectivity index (χ3v) is 4.80. The van der Waals surface area contributed by atoms with Gasteiger partial charge < -0.3 is 5.73 Å². The van der Waals surface area contributed by atoms with Crippen LogP contribution in [0.15, 0.2) is 20.4 Å². The Labute approximate surface area is 114 Å². The molecule has 2 aromatic heterocycles. The van der Waals surface area contributed by atoms with Gasteiger partial charge in [0.1, 0.15) is 5.82 Å². The summed E-state index contributed by atoms with van der Waals surface area (Å²) in [6.07, 6.45) is 0.823. The molecule has 0 fully saturated rings. The largest absolute Gasteiger partial charge is 0.383 e. The number of halogens is 2. The van der Waals surface area contributed by atoms with Gasteiger partial charge in [-0.1, -0.05) is 6.92 Å². The van der Waals surface area contributed by atoms with E-state index < -0.39 is 0 Å². The highest BCUT2D eigenvalue weighted by Gasteiger charge is 2.13. The van der Waals surface area contributed by atoms with E-state index in [1.165, 1.54) is 0 Å². The van der Waals surface area contributed by atoms with Crippen LogP contribution >= 0.6 is 43.2 Å². The van der Waals surface area contributed by atoms with Gasteiger partial charge in [-0.3, -0.25) is 0 Å². The molecule has 0 aliphatic rings. The molecule has 84 valence electrons. The molecule has 0 aliphatic heterocycles. The molecule has 16 heavy (non-hydrogen) atoms. The SMILES string of the molecule is CCc1nc(-c2sccc2Br)nc(N)c1Br. The summed E-state index contributed by atoms with van der Waals surface area (Å²) in [5.41, 5.74) is 6.78. The number of aryl methyl sites for hydroxylation is 1. The van der Waals surface area contributed by atoms with Gasteiger partial charge in [0.2, 0.25) is 0 Å². The Hall–Kier alpha value is -0.460. The molecule has 0 amide bonds. The Balaban J connectivity index is 2.59. The van der Waals surface area contributed by atoms with Crippen LogP contribution in [0.5, 0.6) is 0 Å². The van der Waals surface area contributed by atoms with Gasteiger partial charge in [0.25, 0.3) is 0 Å². The number of rotatable bonds is 2. The third kappa shape index (κ3) is 2.14. The molecule has 0 bridgehead atoms. The quantitative estimate of drug-likeness (QED) is 0.881. The second-order valence-corrected chi connectivity index (χ2v) is 5.71. The summed E-state index contributed by atoms with van der Waals surface area (Å²) in [5, 5.41) is 1.99. The fourth-order valence-corrected chi connectivity index (χ4v) is 3.24. The Bertz CT molecular complexity index is 525. The highest BCUT2D eigenvalue weighted by Crippen LogP contribution is 2.33. The van der Waals surface area contributed by atoms with E-state index in [1.807, 2.05) is 18.4 Å². The number of hydrogen-bond donors (Lipinski definition) is 1. The lowest BCUT2D eigenvalue weighted by Gasteiger charge is -2.06. The van der Waals surface area contributed by atoms with Crippen LogP contribution in [-0.4, -0.2) is 9.97 Å². The normalized spacial score (nSPS) is 10.7. The Kier molecular flexibility index (Phi) is 3.61. The van der Waals surface area contributed by atoms with Crippen LogP contribution in [0, 0.1) is 0 Å². The van der Waals surface area contributed by atoms with Crippen LogP contribution in [-0.2, 0) is 6.42 Å². The lowest BCUT2D eigenvalue weighted by atomic mass is 10.3. The van der Waals surface area contributed by atoms with Crippen LogP contribution in [0.2, 0.25) is 0 Å². The van der Waals surface area contributed by atoms with E-state index >= 15 is 0 Å². The van der Waals surface area contributed by atoms with Crippen LogP contribution in [0.3, 0.4) is 0 Å². The van der Waals surface area contributed by atoms with Gasteiger partial charge in [0, 0.05) is 4.47 Å². The summed E-state index contributed by atoms with van der Waals surface area (Å²) in [7, 11) is 0. The molecule has 2 rings (SSSR count). The van der Waals surface area contributed by atoms with Crippen molar-refractivity contribution in [2.75, 3.05) is 5.73 Å². The zero-order valence-electron chi connectivity index (χ0n) is 8.50. The van der Waals surface area contributed by atoms with Crippen molar-refractivity contribution < 1.29 is 0 Å². The first-order valence-corrected chi connectivity index (χ1v) is 7.15. The van der Waals surface area contributed by atoms with Crippen LogP contribution < -0.4 is 5.73 Å². The predicted molar refractivity (Wildman–Crippen MR) is 74.5 cm³/mol. The average molecular weight is 363 g/mol. The number of hydrogen-bond acceptors (Lipinski definition) is 4. The van der Waals surface area contributed by atoms with E-state index in [-0.39, 0.29) is 0 Å². The van der Waals surface area contributed by atoms with Gasteiger partial charge in [0.15, 0.2) is 5.82 Å². The van der Waals surface area contributed by atoms with Crippen molar-refractivity contribution in [2.24, 2.45) is 0 Å². The maximum Gasteiger partial charge on any atom is 0.173 e. The minimum Gasteiger partial charge on any atom is -0.383 e. The number of aromatic nitrogens is 2. The number of nitrogen functional groups attached to an aromatic ring is 1. The van der Waals surface area contributed by atoms with Crippen LogP contribution in [0.25, 0.3) is 10.7 Å². The Morgan fingerprint density at radius 2 is 2.12 bits per heavy atom. The van der Waals surface area contributed by atoms with Crippen LogP contribution in [0.1, 0.15) is 12.6 Å². The van der Waals surface area contributed by atoms with Gasteiger partial charge in [-0.2, -0.15) is 0 Å². The minimum atomic E-state index is 0.488. The summed E-state index contributed by atoms with van der Waals surface area (Å²) in [4.78, 5) is 9.79. The predicted octanol–water partition coefficient (Wildman–Crippen LogP) is 3.87. The molecule has 0 atom stereocenters. The van der Waals surface area contributed by atoms with Crippen molar-refractivity contribution in [2.45, 2.75) is 13.3 Å². The second kappa shape index (κ2) is 4.81. The van der Waals surface area contributed by atoms with Crippen molar-refractivity contribution in [3.8, 4) is 10.7 Å². The lowest BCUT2D eigenvalue weighted by molar-refractivity contribution is 0.997. The number of nitrogens with zero attached hydrogens (tertiary/aromatic N) is 2. The number of thiophene rings is 1. The molecule has 0 spiro atoms. The molecular weight excluding hydrogens is 354 g/mol. The smallest absolute Gasteiger partial charge is 0.173 e. The molecule has 2 N–H and O–H groups in total. The Morgan fingerprint density at radius 3 is 2.69 bits per heavy atom. The van der Waals surface area contributed by atoms with Gasteiger partial charge >= 0.3 is 0 Å². The topological polar surface area (TPSA) is 51.8 Å². The molecule has 6 heteroatoms. The van der Waals surface area contributed by atoms with Crippen LogP contribution in [0.4, 0.5) is 5.82 Å². The van der Waals surface area contributed by atoms with E-state index in [0.717, 1.165) is 25.9 Å². The van der Waals surface area contributed by atoms with Crippen molar-refractivity contribution in [1.29, 1.82) is 0 Å². The summed E-state index contributed by atoms with van der Waals surface area (Å²) in [5.74, 6) is 1.17. The molecule has 0 unspecified atom stereocenters. The van der Waals surface area contributed by atoms with Crippen molar-refractivity contribution in [3.63, 3.8) is 0 Å². The van der Waals surface area contributed by atoms with Crippen molar-refractivity contribution >= 4 is 49.0 Å². The zero-order valence-corrected chi connectivity index (χ0v) is 12.5. The molecule has 0 saturated carbocycles. The second-order valence-electron chi connectivity index (χ2n) is 3.14. The molecule has 0 saturated heterocycles. The zero-order chi connectivity index (χ0) is 11.7. The maximum absolute atomic E-state index is 5.84. The van der Waals surface area contributed by atoms with Gasteiger partial charge in [-0.15, -0.1) is 11.3 Å². The Morgan fingerprint density at radius 1 is 1.38 bits per heavy atom. The highest BCUT2D eigenvalue weighted by atomic mass is 79.9. The molecule has 3 nitrogen and oxygen atoms in total. The standard InChI is InChI=1S/C10H9Br2N3S/c1-2-6-7(12)9(13)15-10(14-6)8-5(11)3-4-16-8/h3-4H,2H2,1H3,(H2,13,14,15). The molecule has 0 aliphatic carbocycles. The molecular formula is C10H9Br2N3S. The maximum atomic E-state index is 5.84. The van der Waals surface area contributed by atoms with Gasteiger partial charge in [-0.25, -0.2) is 9.97 Å². The summed E-state index contributed by atoms with van der Waals surface area (Å²) >= 11 is 8.46. The monoisotopic (exact) mass is 361 g/mol. The first-order valence-electron chi connectivity index (χ1n) is 4.68. The summed E-state index contributed by atoms with van der Waals surface area (Å²) < 4.78 is 1.80. The van der Waals surface area contributed by atoms with E-state index in [9.17, 15) is 0 Å². The van der Waals surface area contributed by atoms with E-state index in [1.54, 1.807) is 11.3 Å². The van der Waals surface area contributed by atoms with Crippen molar-refractivity contribution in [3.05, 3.63) is 26.1 Å². The first kappa shape index (κ1) is 12.0. The molecule has 0 aromatic carbocycles. The first-order chi connectivity index (χ1) is 7.63.